The van der Waals surface area contributed by atoms with Gasteiger partial charge >= 0.3 is 18.0 Å². The fourth-order valence-corrected chi connectivity index (χ4v) is 8.54. The number of nitro groups is 1. The second kappa shape index (κ2) is 14.8. The summed E-state index contributed by atoms with van der Waals surface area (Å²) >= 11 is 6.45. The molecule has 0 radical (unpaired) electrons. The number of hydrogen-bond donors (Lipinski definition) is 1. The lowest BCUT2D eigenvalue weighted by atomic mass is 9.95. The highest BCUT2D eigenvalue weighted by Gasteiger charge is 2.39. The van der Waals surface area contributed by atoms with Gasteiger partial charge in [0.25, 0.3) is 11.6 Å². The number of methoxy groups -OCH3 is 2. The fourth-order valence-electron chi connectivity index (χ4n) is 5.75. The van der Waals surface area contributed by atoms with Gasteiger partial charge in [-0.3, -0.25) is 19.7 Å². The first-order chi connectivity index (χ1) is 23.7. The number of H-pyrrole nitrogens is 1. The number of non-ortho nitro benzene ring substituents is 1. The molecule has 266 valence electrons. The summed E-state index contributed by atoms with van der Waals surface area (Å²) in [6, 6.07) is 7.01. The fraction of sp³-hybridized carbons (Fsp3) is 0.394. The maximum atomic E-state index is 14.0. The Morgan fingerprint density at radius 3 is 2.58 bits per heavy atom. The summed E-state index contributed by atoms with van der Waals surface area (Å²) in [4.78, 5) is 69.0. The lowest BCUT2D eigenvalue weighted by molar-refractivity contribution is -0.384. The molecule has 1 unspecified atom stereocenters. The molecule has 1 aliphatic rings. The molecule has 4 aromatic rings. The molecule has 2 aromatic carbocycles. The molecular weight excluding hydrogens is 712 g/mol. The van der Waals surface area contributed by atoms with Crippen LogP contribution < -0.4 is 9.64 Å². The lowest BCUT2D eigenvalue weighted by Crippen LogP contribution is -2.32. The van der Waals surface area contributed by atoms with Gasteiger partial charge in [0.05, 0.1) is 42.3 Å². The van der Waals surface area contributed by atoms with Gasteiger partial charge in [0, 0.05) is 77.1 Å². The Morgan fingerprint density at radius 1 is 1.18 bits per heavy atom. The van der Waals surface area contributed by atoms with E-state index in [1.165, 1.54) is 69.9 Å². The van der Waals surface area contributed by atoms with Crippen molar-refractivity contribution in [1.82, 2.24) is 9.88 Å². The number of nitro benzene ring substituents is 1. The summed E-state index contributed by atoms with van der Waals surface area (Å²) in [6.45, 7) is 5.99. The predicted molar refractivity (Wildman–Crippen MR) is 192 cm³/mol. The van der Waals surface area contributed by atoms with Crippen LogP contribution in [0.2, 0.25) is 0 Å². The van der Waals surface area contributed by atoms with Gasteiger partial charge in [-0.15, -0.1) is 11.6 Å². The number of halogens is 1. The molecule has 0 spiro atoms. The number of benzene rings is 2. The van der Waals surface area contributed by atoms with Crippen molar-refractivity contribution in [2.24, 2.45) is 0 Å². The molecule has 2 amide bonds. The van der Waals surface area contributed by atoms with E-state index in [0.29, 0.717) is 51.1 Å². The topological polar surface area (TPSA) is 175 Å². The van der Waals surface area contributed by atoms with E-state index >= 15 is 0 Å². The summed E-state index contributed by atoms with van der Waals surface area (Å²) in [5.41, 5.74) is 2.13. The zero-order valence-corrected chi connectivity index (χ0v) is 30.5. The van der Waals surface area contributed by atoms with Crippen molar-refractivity contribution < 1.29 is 42.7 Å². The molecule has 0 saturated heterocycles. The number of esters is 2. The van der Waals surface area contributed by atoms with Gasteiger partial charge in [-0.05, 0) is 38.5 Å². The van der Waals surface area contributed by atoms with E-state index in [9.17, 15) is 29.3 Å². The molecule has 5 rings (SSSR count). The minimum Gasteiger partial charge on any atom is -0.469 e. The van der Waals surface area contributed by atoms with Gasteiger partial charge in [-0.25, -0.2) is 9.59 Å². The third-order valence-electron chi connectivity index (χ3n) is 8.19. The van der Waals surface area contributed by atoms with Crippen LogP contribution in [0.25, 0.3) is 21.9 Å². The number of nitrogens with zero attached hydrogens (tertiary/aromatic N) is 3. The number of aromatic amines is 1. The summed E-state index contributed by atoms with van der Waals surface area (Å²) in [5, 5.41) is 12.1. The number of fused-ring (bicyclic) bond motifs is 4. The maximum Gasteiger partial charge on any atom is 0.415 e. The van der Waals surface area contributed by atoms with E-state index in [4.69, 9.17) is 30.2 Å². The number of amides is 2. The van der Waals surface area contributed by atoms with Gasteiger partial charge in [-0.1, -0.05) is 21.6 Å². The van der Waals surface area contributed by atoms with Gasteiger partial charge in [0.2, 0.25) is 0 Å². The molecule has 1 aliphatic heterocycles. The number of carbonyl (C=O) groups is 4. The van der Waals surface area contributed by atoms with Gasteiger partial charge in [0.15, 0.2) is 11.5 Å². The van der Waals surface area contributed by atoms with E-state index < -0.39 is 28.8 Å². The number of furan rings is 1. The van der Waals surface area contributed by atoms with Crippen LogP contribution >= 0.6 is 33.2 Å². The molecule has 50 heavy (non-hydrogen) atoms. The molecule has 14 nitrogen and oxygen atoms in total. The Labute approximate surface area is 299 Å². The van der Waals surface area contributed by atoms with Crippen molar-refractivity contribution in [1.29, 1.82) is 0 Å². The van der Waals surface area contributed by atoms with E-state index in [0.717, 1.165) is 0 Å². The van der Waals surface area contributed by atoms with E-state index in [-0.39, 0.29) is 52.3 Å². The smallest absolute Gasteiger partial charge is 0.415 e. The number of carbonyl (C=O) groups excluding carboxylic acids is 4. The first-order valence-corrected chi connectivity index (χ1v) is 18.2. The van der Waals surface area contributed by atoms with Crippen molar-refractivity contribution in [3.63, 3.8) is 0 Å². The van der Waals surface area contributed by atoms with Crippen molar-refractivity contribution in [3.05, 3.63) is 63.0 Å². The number of nitrogens with one attached hydrogen (secondary N) is 1. The number of rotatable bonds is 12. The van der Waals surface area contributed by atoms with Crippen LogP contribution in [0.3, 0.4) is 0 Å². The molecule has 0 fully saturated rings. The maximum absolute atomic E-state index is 14.0. The first-order valence-electron chi connectivity index (χ1n) is 15.3. The second-order valence-corrected chi connectivity index (χ2v) is 15.7. The average molecular weight is 747 g/mol. The average Bonchev–Trinajstić information content (AvgIpc) is 3.78. The van der Waals surface area contributed by atoms with Crippen molar-refractivity contribution in [3.8, 4) is 5.75 Å². The van der Waals surface area contributed by atoms with Gasteiger partial charge in [0.1, 0.15) is 5.58 Å². The Kier molecular flexibility index (Phi) is 10.9. The van der Waals surface area contributed by atoms with Crippen molar-refractivity contribution in [2.45, 2.75) is 37.9 Å². The molecular formula is C33H35ClN4O10S2. The highest BCUT2D eigenvalue weighted by Crippen LogP contribution is 2.48. The molecule has 0 saturated carbocycles. The minimum atomic E-state index is -0.679. The largest absolute Gasteiger partial charge is 0.469 e. The third-order valence-corrected chi connectivity index (χ3v) is 11.8. The molecule has 1 N–H and O–H groups in total. The summed E-state index contributed by atoms with van der Waals surface area (Å²) in [6.07, 6.45) is -0.444. The molecule has 1 atom stereocenters. The number of ether oxygens (including phenoxy) is 3. The van der Waals surface area contributed by atoms with Crippen LogP contribution in [0.1, 0.15) is 58.4 Å². The minimum absolute atomic E-state index is 0.0661. The Morgan fingerprint density at radius 2 is 1.92 bits per heavy atom. The standard InChI is InChI=1S/C33H35ClN4O10S2/c1-17-26(31(41)46-6)28-27-19(15-34)16-37(30(40)24-12-18-11-20(38(43)44)7-8-22(18)47-24)21(27)13-23(29(28)35-17)48-32(42)36(4)9-10-49-50-33(2,3)14-25(39)45-5/h7-8,11-13,19,35H,9-10,14-16H2,1-6H3. The Bertz CT molecular complexity index is 2010. The first kappa shape index (κ1) is 36.9. The third kappa shape index (κ3) is 7.37. The van der Waals surface area contributed by atoms with Crippen LogP contribution in [0.4, 0.5) is 16.2 Å². The van der Waals surface area contributed by atoms with Crippen LogP contribution in [-0.2, 0) is 14.3 Å². The number of aromatic nitrogens is 1. The highest BCUT2D eigenvalue weighted by molar-refractivity contribution is 8.77. The quantitative estimate of drug-likeness (QED) is 0.0391. The molecule has 2 aromatic heterocycles. The number of anilines is 1. The van der Waals surface area contributed by atoms with E-state index in [2.05, 4.69) is 4.98 Å². The van der Waals surface area contributed by atoms with Gasteiger partial charge < -0.3 is 33.4 Å². The highest BCUT2D eigenvalue weighted by atomic mass is 35.5. The van der Waals surface area contributed by atoms with Crippen LogP contribution in [0.15, 0.2) is 34.7 Å². The Balaban J connectivity index is 1.47. The van der Waals surface area contributed by atoms with Crippen molar-refractivity contribution in [2.75, 3.05) is 50.9 Å². The summed E-state index contributed by atoms with van der Waals surface area (Å²) in [5.74, 6) is -1.27. The van der Waals surface area contributed by atoms with Gasteiger partial charge in [-0.2, -0.15) is 0 Å². The summed E-state index contributed by atoms with van der Waals surface area (Å²) < 4.78 is 21.2. The van der Waals surface area contributed by atoms with Crippen LogP contribution in [-0.4, -0.2) is 89.5 Å². The summed E-state index contributed by atoms with van der Waals surface area (Å²) in [7, 11) is 7.21. The number of aryl methyl sites for hydroxylation is 1. The molecule has 17 heteroatoms. The molecule has 0 aliphatic carbocycles. The lowest BCUT2D eigenvalue weighted by Gasteiger charge is -2.22. The zero-order chi connectivity index (χ0) is 36.5. The predicted octanol–water partition coefficient (Wildman–Crippen LogP) is 7.05. The molecule has 3 heterocycles. The van der Waals surface area contributed by atoms with Crippen LogP contribution in [0.5, 0.6) is 5.75 Å². The molecule has 0 bridgehead atoms. The van der Waals surface area contributed by atoms with E-state index in [1.807, 2.05) is 13.8 Å². The SMILES string of the molecule is COC(=O)CC(C)(C)SSCCN(C)C(=O)Oc1cc2c(c3c(C(=O)OC)c(C)[nH]c13)C(CCl)CN2C(=O)c1cc2cc([N+](=O)[O-])ccc2o1. The van der Waals surface area contributed by atoms with Crippen molar-refractivity contribution >= 4 is 90.4 Å². The number of alkyl halides is 1. The second-order valence-electron chi connectivity index (χ2n) is 12.2. The normalized spacial score (nSPS) is 14.1. The van der Waals surface area contributed by atoms with Crippen LogP contribution in [0, 0.1) is 17.0 Å². The monoisotopic (exact) mass is 746 g/mol. The van der Waals surface area contributed by atoms with E-state index in [1.54, 1.807) is 20.0 Å². The Hall–Kier alpha value is -4.41. The number of hydrogen-bond acceptors (Lipinski definition) is 12. The zero-order valence-electron chi connectivity index (χ0n) is 28.1.